The molecule has 0 spiro atoms. The van der Waals surface area contributed by atoms with E-state index < -0.39 is 10.0 Å². The first kappa shape index (κ1) is 21.3. The summed E-state index contributed by atoms with van der Waals surface area (Å²) in [7, 11) is -3.47. The summed E-state index contributed by atoms with van der Waals surface area (Å²) in [6.45, 7) is 4.86. The first-order valence-electron chi connectivity index (χ1n) is 10.1. The number of nitrogens with zero attached hydrogens (tertiary/aromatic N) is 2. The van der Waals surface area contributed by atoms with Crippen molar-refractivity contribution >= 4 is 37.5 Å². The van der Waals surface area contributed by atoms with Crippen molar-refractivity contribution in [3.8, 4) is 5.75 Å². The van der Waals surface area contributed by atoms with Gasteiger partial charge in [-0.1, -0.05) is 15.9 Å². The fraction of sp³-hybridized carbons (Fsp3) is 0.409. The van der Waals surface area contributed by atoms with E-state index in [0.717, 1.165) is 35.0 Å². The number of sulfonamides is 1. The Kier molecular flexibility index (Phi) is 5.92. The molecule has 4 rings (SSSR count). The highest BCUT2D eigenvalue weighted by Crippen LogP contribution is 2.34. The summed E-state index contributed by atoms with van der Waals surface area (Å²) in [5.41, 5.74) is 2.75. The standard InChI is InChI=1S/C22H25BrN2O4S/c1-15-11-19(30(27,28)24-9-3-4-10-24)6-8-21(15)29-14-22(26)25-16(2)12-17-13-18(23)5-7-20(17)25/h5-8,11,13,16H,3-4,9-10,12,14H2,1-2H3/t16-/m1/s1. The number of carbonyl (C=O) groups is 1. The first-order chi connectivity index (χ1) is 14.3. The van der Waals surface area contributed by atoms with Crippen molar-refractivity contribution in [3.05, 3.63) is 52.0 Å². The van der Waals surface area contributed by atoms with Gasteiger partial charge >= 0.3 is 0 Å². The Bertz CT molecular complexity index is 1080. The Hall–Kier alpha value is -1.90. The summed E-state index contributed by atoms with van der Waals surface area (Å²) in [5.74, 6) is 0.406. The summed E-state index contributed by atoms with van der Waals surface area (Å²) in [6.07, 6.45) is 2.61. The minimum Gasteiger partial charge on any atom is -0.483 e. The van der Waals surface area contributed by atoms with Crippen molar-refractivity contribution in [3.63, 3.8) is 0 Å². The second-order valence-electron chi connectivity index (χ2n) is 7.92. The van der Waals surface area contributed by atoms with E-state index in [1.165, 1.54) is 4.31 Å². The molecule has 6 nitrogen and oxygen atoms in total. The van der Waals surface area contributed by atoms with Crippen LogP contribution in [0.1, 0.15) is 30.9 Å². The Labute approximate surface area is 186 Å². The van der Waals surface area contributed by atoms with Crippen LogP contribution in [0.15, 0.2) is 45.8 Å². The molecule has 1 fully saturated rings. The quantitative estimate of drug-likeness (QED) is 0.634. The molecule has 1 amide bonds. The summed E-state index contributed by atoms with van der Waals surface area (Å²) in [4.78, 5) is 14.9. The number of rotatable bonds is 5. The molecular formula is C22H25BrN2O4S. The van der Waals surface area contributed by atoms with E-state index in [9.17, 15) is 13.2 Å². The zero-order chi connectivity index (χ0) is 21.5. The van der Waals surface area contributed by atoms with E-state index in [4.69, 9.17) is 4.74 Å². The maximum absolute atomic E-state index is 12.9. The Morgan fingerprint density at radius 3 is 2.60 bits per heavy atom. The van der Waals surface area contributed by atoms with Crippen LogP contribution in [-0.2, 0) is 21.2 Å². The molecule has 0 aliphatic carbocycles. The van der Waals surface area contributed by atoms with Gasteiger partial charge in [-0.3, -0.25) is 4.79 Å². The fourth-order valence-electron chi connectivity index (χ4n) is 4.21. The van der Waals surface area contributed by atoms with Gasteiger partial charge in [0.1, 0.15) is 5.75 Å². The first-order valence-corrected chi connectivity index (χ1v) is 12.3. The SMILES string of the molecule is Cc1cc(S(=O)(=O)N2CCCC2)ccc1OCC(=O)N1c2ccc(Br)cc2C[C@H]1C. The van der Waals surface area contributed by atoms with Crippen LogP contribution >= 0.6 is 15.9 Å². The lowest BCUT2D eigenvalue weighted by Crippen LogP contribution is -2.39. The average Bonchev–Trinajstić information content (AvgIpc) is 3.34. The van der Waals surface area contributed by atoms with Gasteiger partial charge in [0.05, 0.1) is 4.90 Å². The predicted molar refractivity (Wildman–Crippen MR) is 119 cm³/mol. The van der Waals surface area contributed by atoms with Gasteiger partial charge < -0.3 is 9.64 Å². The van der Waals surface area contributed by atoms with Crippen LogP contribution in [0.25, 0.3) is 0 Å². The van der Waals surface area contributed by atoms with Crippen LogP contribution in [0.3, 0.4) is 0 Å². The maximum Gasteiger partial charge on any atom is 0.265 e. The number of amides is 1. The largest absolute Gasteiger partial charge is 0.483 e. The Morgan fingerprint density at radius 1 is 1.17 bits per heavy atom. The maximum atomic E-state index is 12.9. The van der Waals surface area contributed by atoms with Crippen molar-refractivity contribution in [2.75, 3.05) is 24.6 Å². The molecule has 30 heavy (non-hydrogen) atoms. The molecule has 0 saturated carbocycles. The molecule has 2 aromatic carbocycles. The number of fused-ring (bicyclic) bond motifs is 1. The molecule has 2 aromatic rings. The zero-order valence-electron chi connectivity index (χ0n) is 17.1. The average molecular weight is 493 g/mol. The van der Waals surface area contributed by atoms with E-state index in [1.807, 2.05) is 25.1 Å². The van der Waals surface area contributed by atoms with E-state index in [-0.39, 0.29) is 23.5 Å². The number of carbonyl (C=O) groups excluding carboxylic acids is 1. The van der Waals surface area contributed by atoms with Gasteiger partial charge in [0.25, 0.3) is 5.91 Å². The minimum atomic E-state index is -3.47. The van der Waals surface area contributed by atoms with Gasteiger partial charge in [0.2, 0.25) is 10.0 Å². The van der Waals surface area contributed by atoms with E-state index in [0.29, 0.717) is 24.4 Å². The van der Waals surface area contributed by atoms with Gasteiger partial charge in [-0.05, 0) is 80.6 Å². The van der Waals surface area contributed by atoms with Crippen LogP contribution in [-0.4, -0.2) is 44.4 Å². The lowest BCUT2D eigenvalue weighted by atomic mass is 10.1. The molecule has 2 heterocycles. The molecule has 0 aromatic heterocycles. The normalized spacial score (nSPS) is 19.2. The van der Waals surface area contributed by atoms with E-state index >= 15 is 0 Å². The molecule has 0 unspecified atom stereocenters. The lowest BCUT2D eigenvalue weighted by molar-refractivity contribution is -0.120. The zero-order valence-corrected chi connectivity index (χ0v) is 19.5. The highest BCUT2D eigenvalue weighted by atomic mass is 79.9. The second-order valence-corrected chi connectivity index (χ2v) is 10.8. The molecule has 0 bridgehead atoms. The number of benzene rings is 2. The molecular weight excluding hydrogens is 468 g/mol. The number of hydrogen-bond donors (Lipinski definition) is 0. The third kappa shape index (κ3) is 4.00. The number of hydrogen-bond acceptors (Lipinski definition) is 4. The molecule has 2 aliphatic heterocycles. The van der Waals surface area contributed by atoms with Crippen molar-refractivity contribution in [1.29, 1.82) is 0 Å². The third-order valence-corrected chi connectivity index (χ3v) is 8.11. The monoisotopic (exact) mass is 492 g/mol. The molecule has 0 N–H and O–H groups in total. The van der Waals surface area contributed by atoms with Gasteiger partial charge in [-0.25, -0.2) is 8.42 Å². The predicted octanol–water partition coefficient (Wildman–Crippen LogP) is 3.90. The number of halogens is 1. The van der Waals surface area contributed by atoms with E-state index in [2.05, 4.69) is 15.9 Å². The van der Waals surface area contributed by atoms with Gasteiger partial charge in [-0.15, -0.1) is 0 Å². The third-order valence-electron chi connectivity index (χ3n) is 5.73. The summed E-state index contributed by atoms with van der Waals surface area (Å²) < 4.78 is 33.8. The van der Waals surface area contributed by atoms with Gasteiger partial charge in [0, 0.05) is 29.3 Å². The van der Waals surface area contributed by atoms with Crippen LogP contribution < -0.4 is 9.64 Å². The van der Waals surface area contributed by atoms with Crippen LogP contribution in [0.4, 0.5) is 5.69 Å². The minimum absolute atomic E-state index is 0.0690. The molecule has 8 heteroatoms. The van der Waals surface area contributed by atoms with Crippen LogP contribution in [0, 0.1) is 6.92 Å². The topological polar surface area (TPSA) is 66.9 Å². The van der Waals surface area contributed by atoms with Crippen molar-refractivity contribution in [1.82, 2.24) is 4.31 Å². The molecule has 160 valence electrons. The van der Waals surface area contributed by atoms with Crippen LogP contribution in [0.5, 0.6) is 5.75 Å². The Morgan fingerprint density at radius 2 is 1.90 bits per heavy atom. The summed E-state index contributed by atoms with van der Waals surface area (Å²) >= 11 is 3.48. The Balaban J connectivity index is 1.46. The van der Waals surface area contributed by atoms with Gasteiger partial charge in [0.15, 0.2) is 6.61 Å². The van der Waals surface area contributed by atoms with Gasteiger partial charge in [-0.2, -0.15) is 4.31 Å². The number of aryl methyl sites for hydroxylation is 1. The smallest absolute Gasteiger partial charge is 0.265 e. The molecule has 2 aliphatic rings. The highest BCUT2D eigenvalue weighted by Gasteiger charge is 2.31. The number of ether oxygens (including phenoxy) is 1. The summed E-state index contributed by atoms with van der Waals surface area (Å²) in [6, 6.07) is 10.8. The second kappa shape index (κ2) is 8.32. The fourth-order valence-corrected chi connectivity index (χ4v) is 6.22. The van der Waals surface area contributed by atoms with Crippen LogP contribution in [0.2, 0.25) is 0 Å². The molecule has 1 atom stereocenters. The molecule has 1 saturated heterocycles. The van der Waals surface area contributed by atoms with Crippen molar-refractivity contribution < 1.29 is 17.9 Å². The molecule has 0 radical (unpaired) electrons. The van der Waals surface area contributed by atoms with E-state index in [1.54, 1.807) is 30.0 Å². The highest BCUT2D eigenvalue weighted by molar-refractivity contribution is 9.10. The summed E-state index contributed by atoms with van der Waals surface area (Å²) in [5, 5.41) is 0. The lowest BCUT2D eigenvalue weighted by Gasteiger charge is -2.23. The number of anilines is 1. The van der Waals surface area contributed by atoms with Crippen molar-refractivity contribution in [2.24, 2.45) is 0 Å². The van der Waals surface area contributed by atoms with Crippen molar-refractivity contribution in [2.45, 2.75) is 44.0 Å².